The Balaban J connectivity index is 2.49. The molecule has 2 heterocycles. The minimum atomic E-state index is -0.176. The summed E-state index contributed by atoms with van der Waals surface area (Å²) in [5.74, 6) is 1.45. The zero-order valence-corrected chi connectivity index (χ0v) is 13.1. The van der Waals surface area contributed by atoms with E-state index in [0.29, 0.717) is 12.5 Å². The molecule has 1 amide bonds. The predicted molar refractivity (Wildman–Crippen MR) is 85.8 cm³/mol. The van der Waals surface area contributed by atoms with E-state index < -0.39 is 0 Å². The van der Waals surface area contributed by atoms with Gasteiger partial charge in [0.1, 0.15) is 11.7 Å². The first kappa shape index (κ1) is 15.3. The number of carbonyl (C=O) groups excluding carboxylic acids is 1. The summed E-state index contributed by atoms with van der Waals surface area (Å²) in [5, 5.41) is 3.09. The lowest BCUT2D eigenvalue weighted by molar-refractivity contribution is -0.120. The first-order valence-electron chi connectivity index (χ1n) is 7.29. The number of hydrogen-bond donors (Lipinski definition) is 1. The zero-order chi connectivity index (χ0) is 15.6. The van der Waals surface area contributed by atoms with Crippen molar-refractivity contribution in [1.82, 2.24) is 9.97 Å². The van der Waals surface area contributed by atoms with Crippen molar-refractivity contribution in [2.24, 2.45) is 0 Å². The summed E-state index contributed by atoms with van der Waals surface area (Å²) < 4.78 is 0. The van der Waals surface area contributed by atoms with Gasteiger partial charge in [-0.25, -0.2) is 4.98 Å². The van der Waals surface area contributed by atoms with Crippen LogP contribution in [0.2, 0.25) is 0 Å². The predicted octanol–water partition coefficient (Wildman–Crippen LogP) is 2.04. The Kier molecular flexibility index (Phi) is 4.45. The monoisotopic (exact) mass is 289 g/mol. The number of fused-ring (bicyclic) bond motifs is 1. The maximum Gasteiger partial charge on any atom is 0.249 e. The molecule has 0 radical (unpaired) electrons. The molecule has 2 rings (SSSR count). The lowest BCUT2D eigenvalue weighted by Gasteiger charge is -2.42. The highest BCUT2D eigenvalue weighted by atomic mass is 16.2. The van der Waals surface area contributed by atoms with E-state index in [-0.39, 0.29) is 18.0 Å². The fraction of sp³-hybridized carbons (Fsp3) is 0.533. The molecule has 6 heteroatoms. The van der Waals surface area contributed by atoms with Crippen molar-refractivity contribution in [3.63, 3.8) is 0 Å². The zero-order valence-electron chi connectivity index (χ0n) is 13.1. The fourth-order valence-electron chi connectivity index (χ4n) is 2.63. The van der Waals surface area contributed by atoms with E-state index in [9.17, 15) is 4.79 Å². The maximum absolute atomic E-state index is 12.5. The molecule has 0 bridgehead atoms. The highest BCUT2D eigenvalue weighted by Crippen LogP contribution is 2.35. The van der Waals surface area contributed by atoms with Crippen molar-refractivity contribution in [3.8, 4) is 0 Å². The minimum Gasteiger partial charge on any atom is -0.351 e. The SMILES string of the molecule is C=CCNc1ncc2c(n1)N(C(C)C)C(CC)C(=O)N2C. The molecule has 1 aromatic rings. The molecule has 0 saturated carbocycles. The summed E-state index contributed by atoms with van der Waals surface area (Å²) >= 11 is 0. The van der Waals surface area contributed by atoms with Crippen LogP contribution in [0.5, 0.6) is 0 Å². The van der Waals surface area contributed by atoms with E-state index in [1.807, 2.05) is 6.92 Å². The smallest absolute Gasteiger partial charge is 0.249 e. The summed E-state index contributed by atoms with van der Waals surface area (Å²) in [6.07, 6.45) is 4.21. The largest absolute Gasteiger partial charge is 0.351 e. The third-order valence-corrected chi connectivity index (χ3v) is 3.65. The van der Waals surface area contributed by atoms with E-state index in [4.69, 9.17) is 0 Å². The van der Waals surface area contributed by atoms with Crippen LogP contribution < -0.4 is 15.1 Å². The molecule has 21 heavy (non-hydrogen) atoms. The number of aromatic nitrogens is 2. The number of nitrogens with one attached hydrogen (secondary N) is 1. The second kappa shape index (κ2) is 6.11. The number of nitrogens with zero attached hydrogens (tertiary/aromatic N) is 4. The average molecular weight is 289 g/mol. The molecular weight excluding hydrogens is 266 g/mol. The number of likely N-dealkylation sites (N-methyl/N-ethyl adjacent to an activating group) is 1. The molecule has 0 spiro atoms. The molecule has 0 fully saturated rings. The van der Waals surface area contributed by atoms with Gasteiger partial charge in [-0.3, -0.25) is 4.79 Å². The molecule has 0 aromatic carbocycles. The van der Waals surface area contributed by atoms with Gasteiger partial charge in [-0.15, -0.1) is 6.58 Å². The number of rotatable bonds is 5. The summed E-state index contributed by atoms with van der Waals surface area (Å²) in [6.45, 7) is 10.4. The summed E-state index contributed by atoms with van der Waals surface area (Å²) in [5.41, 5.74) is 0.752. The summed E-state index contributed by atoms with van der Waals surface area (Å²) in [6, 6.07) is 0.0122. The van der Waals surface area contributed by atoms with Gasteiger partial charge in [0.25, 0.3) is 0 Å². The normalized spacial score (nSPS) is 18.0. The first-order valence-corrected chi connectivity index (χ1v) is 7.29. The van der Waals surface area contributed by atoms with Crippen LogP contribution >= 0.6 is 0 Å². The van der Waals surface area contributed by atoms with Gasteiger partial charge in [-0.2, -0.15) is 4.98 Å². The molecular formula is C15H23N5O. The standard InChI is InChI=1S/C15H23N5O/c1-6-8-16-15-17-9-12-13(18-15)20(10(3)4)11(7-2)14(21)19(12)5/h6,9-11H,1,7-8H2,2-5H3,(H,16,17,18). The van der Waals surface area contributed by atoms with E-state index in [0.717, 1.165) is 17.9 Å². The maximum atomic E-state index is 12.5. The van der Waals surface area contributed by atoms with Crippen LogP contribution in [0.4, 0.5) is 17.5 Å². The lowest BCUT2D eigenvalue weighted by Crippen LogP contribution is -2.54. The second-order valence-electron chi connectivity index (χ2n) is 5.39. The molecule has 1 aliphatic rings. The Morgan fingerprint density at radius 2 is 2.24 bits per heavy atom. The van der Waals surface area contributed by atoms with Gasteiger partial charge in [-0.05, 0) is 20.3 Å². The highest BCUT2D eigenvalue weighted by molar-refractivity contribution is 6.04. The van der Waals surface area contributed by atoms with Crippen molar-refractivity contribution < 1.29 is 4.79 Å². The van der Waals surface area contributed by atoms with Crippen LogP contribution in [0.15, 0.2) is 18.9 Å². The van der Waals surface area contributed by atoms with Crippen LogP contribution in [0.3, 0.4) is 0 Å². The van der Waals surface area contributed by atoms with E-state index in [2.05, 4.69) is 40.6 Å². The van der Waals surface area contributed by atoms with Gasteiger partial charge in [0.15, 0.2) is 5.82 Å². The molecule has 1 N–H and O–H groups in total. The van der Waals surface area contributed by atoms with Crippen molar-refractivity contribution in [2.45, 2.75) is 39.3 Å². The Hall–Kier alpha value is -2.11. The second-order valence-corrected chi connectivity index (χ2v) is 5.39. The molecule has 1 aliphatic heterocycles. The van der Waals surface area contributed by atoms with Crippen LogP contribution in [0.1, 0.15) is 27.2 Å². The third kappa shape index (κ3) is 2.70. The van der Waals surface area contributed by atoms with Crippen LogP contribution in [0, 0.1) is 0 Å². The van der Waals surface area contributed by atoms with Gasteiger partial charge in [0.05, 0.1) is 6.20 Å². The van der Waals surface area contributed by atoms with Crippen molar-refractivity contribution in [3.05, 3.63) is 18.9 Å². The highest BCUT2D eigenvalue weighted by Gasteiger charge is 2.38. The Bertz CT molecular complexity index is 543. The van der Waals surface area contributed by atoms with Crippen molar-refractivity contribution >= 4 is 23.4 Å². The van der Waals surface area contributed by atoms with Gasteiger partial charge < -0.3 is 15.1 Å². The fourth-order valence-corrected chi connectivity index (χ4v) is 2.63. The van der Waals surface area contributed by atoms with Gasteiger partial charge >= 0.3 is 0 Å². The molecule has 0 aliphatic carbocycles. The average Bonchev–Trinajstić information content (AvgIpc) is 2.47. The molecule has 1 aromatic heterocycles. The van der Waals surface area contributed by atoms with Crippen LogP contribution in [0.25, 0.3) is 0 Å². The summed E-state index contributed by atoms with van der Waals surface area (Å²) in [4.78, 5) is 25.1. The number of amides is 1. The van der Waals surface area contributed by atoms with Crippen LogP contribution in [-0.2, 0) is 4.79 Å². The van der Waals surface area contributed by atoms with E-state index in [1.54, 1.807) is 24.2 Å². The summed E-state index contributed by atoms with van der Waals surface area (Å²) in [7, 11) is 1.78. The Morgan fingerprint density at radius 3 is 2.81 bits per heavy atom. The molecule has 1 unspecified atom stereocenters. The molecule has 114 valence electrons. The van der Waals surface area contributed by atoms with Gasteiger partial charge in [0.2, 0.25) is 11.9 Å². The quantitative estimate of drug-likeness (QED) is 0.841. The lowest BCUT2D eigenvalue weighted by atomic mass is 10.1. The van der Waals surface area contributed by atoms with E-state index in [1.165, 1.54) is 0 Å². The molecule has 1 atom stereocenters. The minimum absolute atomic E-state index is 0.0918. The van der Waals surface area contributed by atoms with Crippen molar-refractivity contribution in [1.29, 1.82) is 0 Å². The van der Waals surface area contributed by atoms with Gasteiger partial charge in [-0.1, -0.05) is 13.0 Å². The van der Waals surface area contributed by atoms with Crippen LogP contribution in [-0.4, -0.2) is 41.6 Å². The molecule has 6 nitrogen and oxygen atoms in total. The topological polar surface area (TPSA) is 61.4 Å². The van der Waals surface area contributed by atoms with Gasteiger partial charge in [0, 0.05) is 19.6 Å². The Morgan fingerprint density at radius 1 is 1.52 bits per heavy atom. The number of carbonyl (C=O) groups is 1. The Labute approximate surface area is 125 Å². The van der Waals surface area contributed by atoms with E-state index >= 15 is 0 Å². The number of hydrogen-bond acceptors (Lipinski definition) is 5. The first-order chi connectivity index (χ1) is 10.0. The molecule has 0 saturated heterocycles. The third-order valence-electron chi connectivity index (χ3n) is 3.65. The number of anilines is 3. The van der Waals surface area contributed by atoms with Crippen molar-refractivity contribution in [2.75, 3.05) is 28.7 Å².